The normalized spacial score (nSPS) is 33.0. The Morgan fingerprint density at radius 2 is 1.73 bits per heavy atom. The molecule has 0 amide bonds. The van der Waals surface area contributed by atoms with Gasteiger partial charge in [-0.1, -0.05) is 13.8 Å². The summed E-state index contributed by atoms with van der Waals surface area (Å²) in [5.74, 6) is -1.77. The highest BCUT2D eigenvalue weighted by Gasteiger charge is 2.30. The SMILES string of the molecule is CC1CC(C)CC(NCC(F)(F)CO)C1. The molecule has 2 atom stereocenters. The summed E-state index contributed by atoms with van der Waals surface area (Å²) in [5, 5.41) is 11.3. The summed E-state index contributed by atoms with van der Waals surface area (Å²) >= 11 is 0. The minimum atomic E-state index is -2.98. The maximum absolute atomic E-state index is 12.8. The molecule has 0 bridgehead atoms. The summed E-state index contributed by atoms with van der Waals surface area (Å²) in [6.07, 6.45) is 3.12. The van der Waals surface area contributed by atoms with Crippen LogP contribution in [0.3, 0.4) is 0 Å². The van der Waals surface area contributed by atoms with E-state index in [2.05, 4.69) is 19.2 Å². The third kappa shape index (κ3) is 4.43. The minimum absolute atomic E-state index is 0.182. The van der Waals surface area contributed by atoms with Gasteiger partial charge in [0.2, 0.25) is 0 Å². The van der Waals surface area contributed by atoms with Crippen molar-refractivity contribution in [1.29, 1.82) is 0 Å². The predicted molar refractivity (Wildman–Crippen MR) is 56.0 cm³/mol. The highest BCUT2D eigenvalue weighted by Crippen LogP contribution is 2.28. The fourth-order valence-corrected chi connectivity index (χ4v) is 2.46. The van der Waals surface area contributed by atoms with Gasteiger partial charge in [-0.25, -0.2) is 8.78 Å². The van der Waals surface area contributed by atoms with Crippen LogP contribution in [-0.4, -0.2) is 30.2 Å². The van der Waals surface area contributed by atoms with Crippen LogP contribution in [0, 0.1) is 11.8 Å². The predicted octanol–water partition coefficient (Wildman–Crippen LogP) is 2.03. The van der Waals surface area contributed by atoms with E-state index in [9.17, 15) is 8.78 Å². The Morgan fingerprint density at radius 1 is 1.20 bits per heavy atom. The van der Waals surface area contributed by atoms with Gasteiger partial charge in [0, 0.05) is 6.04 Å². The van der Waals surface area contributed by atoms with Crippen LogP contribution in [0.2, 0.25) is 0 Å². The summed E-state index contributed by atoms with van der Waals surface area (Å²) in [5.41, 5.74) is 0. The molecule has 0 aliphatic heterocycles. The van der Waals surface area contributed by atoms with Crippen molar-refractivity contribution < 1.29 is 13.9 Å². The van der Waals surface area contributed by atoms with Gasteiger partial charge in [-0.15, -0.1) is 0 Å². The van der Waals surface area contributed by atoms with Gasteiger partial charge in [0.1, 0.15) is 6.61 Å². The molecule has 1 aliphatic rings. The van der Waals surface area contributed by atoms with Crippen molar-refractivity contribution in [2.24, 2.45) is 11.8 Å². The number of rotatable bonds is 4. The fraction of sp³-hybridized carbons (Fsp3) is 1.00. The number of hydrogen-bond acceptors (Lipinski definition) is 2. The van der Waals surface area contributed by atoms with Gasteiger partial charge in [-0.3, -0.25) is 0 Å². The van der Waals surface area contributed by atoms with E-state index in [0.29, 0.717) is 11.8 Å². The van der Waals surface area contributed by atoms with E-state index in [4.69, 9.17) is 5.11 Å². The molecule has 1 saturated carbocycles. The second-order valence-corrected chi connectivity index (χ2v) is 5.01. The lowest BCUT2D eigenvalue weighted by atomic mass is 9.80. The van der Waals surface area contributed by atoms with Crippen LogP contribution in [-0.2, 0) is 0 Å². The summed E-state index contributed by atoms with van der Waals surface area (Å²) in [4.78, 5) is 0. The molecule has 0 aromatic carbocycles. The molecule has 0 radical (unpaired) electrons. The van der Waals surface area contributed by atoms with Crippen LogP contribution in [0.5, 0.6) is 0 Å². The molecule has 0 aromatic rings. The van der Waals surface area contributed by atoms with Crippen molar-refractivity contribution in [1.82, 2.24) is 5.32 Å². The van der Waals surface area contributed by atoms with Gasteiger partial charge in [0.25, 0.3) is 5.92 Å². The Bertz CT molecular complexity index is 189. The highest BCUT2D eigenvalue weighted by molar-refractivity contribution is 4.81. The number of nitrogens with one attached hydrogen (secondary N) is 1. The first kappa shape index (κ1) is 12.8. The van der Waals surface area contributed by atoms with E-state index < -0.39 is 19.1 Å². The largest absolute Gasteiger partial charge is 0.390 e. The van der Waals surface area contributed by atoms with Gasteiger partial charge in [0.15, 0.2) is 0 Å². The quantitative estimate of drug-likeness (QED) is 0.761. The molecule has 0 heterocycles. The first-order valence-corrected chi connectivity index (χ1v) is 5.65. The van der Waals surface area contributed by atoms with E-state index in [-0.39, 0.29) is 6.04 Å². The summed E-state index contributed by atoms with van der Waals surface area (Å²) in [6.45, 7) is 2.84. The van der Waals surface area contributed by atoms with Gasteiger partial charge < -0.3 is 10.4 Å². The Morgan fingerprint density at radius 3 is 2.20 bits per heavy atom. The molecule has 0 aromatic heterocycles. The van der Waals surface area contributed by atoms with Crippen LogP contribution >= 0.6 is 0 Å². The first-order chi connectivity index (χ1) is 6.93. The zero-order valence-electron chi connectivity index (χ0n) is 9.47. The monoisotopic (exact) mass is 221 g/mol. The lowest BCUT2D eigenvalue weighted by molar-refractivity contribution is -0.0507. The average Bonchev–Trinajstić information content (AvgIpc) is 2.14. The Hall–Kier alpha value is -0.220. The van der Waals surface area contributed by atoms with E-state index in [1.807, 2.05) is 0 Å². The standard InChI is InChI=1S/C11H21F2NO/c1-8-3-9(2)5-10(4-8)14-6-11(12,13)7-15/h8-10,14-15H,3-7H2,1-2H3. The maximum Gasteiger partial charge on any atom is 0.282 e. The average molecular weight is 221 g/mol. The zero-order chi connectivity index (χ0) is 11.5. The Labute approximate surface area is 90.1 Å². The molecule has 0 spiro atoms. The van der Waals surface area contributed by atoms with Crippen molar-refractivity contribution in [3.8, 4) is 0 Å². The number of aliphatic hydroxyl groups is 1. The van der Waals surface area contributed by atoms with Crippen molar-refractivity contribution in [3.63, 3.8) is 0 Å². The molecule has 2 N–H and O–H groups in total. The molecular formula is C11H21F2NO. The third-order valence-corrected chi connectivity index (χ3v) is 3.06. The Balaban J connectivity index is 2.32. The third-order valence-electron chi connectivity index (χ3n) is 3.06. The summed E-state index contributed by atoms with van der Waals surface area (Å²) < 4.78 is 25.6. The molecular weight excluding hydrogens is 200 g/mol. The van der Waals surface area contributed by atoms with Crippen molar-refractivity contribution in [3.05, 3.63) is 0 Å². The lowest BCUT2D eigenvalue weighted by Crippen LogP contribution is -2.44. The molecule has 1 fully saturated rings. The van der Waals surface area contributed by atoms with Crippen LogP contribution in [0.25, 0.3) is 0 Å². The van der Waals surface area contributed by atoms with Crippen molar-refractivity contribution in [2.75, 3.05) is 13.2 Å². The second kappa shape index (κ2) is 5.21. The number of hydrogen-bond donors (Lipinski definition) is 2. The summed E-state index contributed by atoms with van der Waals surface area (Å²) in [6, 6.07) is 0.182. The van der Waals surface area contributed by atoms with E-state index in [1.54, 1.807) is 0 Å². The van der Waals surface area contributed by atoms with Gasteiger partial charge in [-0.2, -0.15) is 0 Å². The number of halogens is 2. The molecule has 4 heteroatoms. The number of alkyl halides is 2. The lowest BCUT2D eigenvalue weighted by Gasteiger charge is -2.32. The van der Waals surface area contributed by atoms with Gasteiger partial charge >= 0.3 is 0 Å². The molecule has 1 rings (SSSR count). The summed E-state index contributed by atoms with van der Waals surface area (Å²) in [7, 11) is 0. The highest BCUT2D eigenvalue weighted by atomic mass is 19.3. The van der Waals surface area contributed by atoms with Crippen LogP contribution < -0.4 is 5.32 Å². The van der Waals surface area contributed by atoms with Crippen molar-refractivity contribution >= 4 is 0 Å². The van der Waals surface area contributed by atoms with Gasteiger partial charge in [0.05, 0.1) is 6.54 Å². The fourth-order valence-electron chi connectivity index (χ4n) is 2.46. The van der Waals surface area contributed by atoms with Crippen LogP contribution in [0.15, 0.2) is 0 Å². The molecule has 2 unspecified atom stereocenters. The molecule has 90 valence electrons. The van der Waals surface area contributed by atoms with Crippen LogP contribution in [0.4, 0.5) is 8.78 Å². The zero-order valence-corrected chi connectivity index (χ0v) is 9.47. The minimum Gasteiger partial charge on any atom is -0.390 e. The first-order valence-electron chi connectivity index (χ1n) is 5.65. The molecule has 1 aliphatic carbocycles. The number of aliphatic hydroxyl groups excluding tert-OH is 1. The molecule has 15 heavy (non-hydrogen) atoms. The van der Waals surface area contributed by atoms with Crippen molar-refractivity contribution in [2.45, 2.75) is 45.1 Å². The maximum atomic E-state index is 12.8. The smallest absolute Gasteiger partial charge is 0.282 e. The molecule has 0 saturated heterocycles. The topological polar surface area (TPSA) is 32.3 Å². The van der Waals surface area contributed by atoms with Crippen LogP contribution in [0.1, 0.15) is 33.1 Å². The van der Waals surface area contributed by atoms with E-state index in [1.165, 1.54) is 6.42 Å². The van der Waals surface area contributed by atoms with Gasteiger partial charge in [-0.05, 0) is 31.1 Å². The molecule has 2 nitrogen and oxygen atoms in total. The van der Waals surface area contributed by atoms with E-state index in [0.717, 1.165) is 12.8 Å². The second-order valence-electron chi connectivity index (χ2n) is 5.01. The van der Waals surface area contributed by atoms with E-state index >= 15 is 0 Å². The Kier molecular flexibility index (Phi) is 4.46.